The van der Waals surface area contributed by atoms with Crippen LogP contribution in [0.1, 0.15) is 25.7 Å². The average molecular weight is 300 g/mol. The molecule has 0 radical (unpaired) electrons. The lowest BCUT2D eigenvalue weighted by atomic mass is 10.3. The first kappa shape index (κ1) is 9.96. The van der Waals surface area contributed by atoms with Crippen LogP contribution < -0.4 is 0 Å². The number of hydrogen-bond acceptors (Lipinski definition) is 1. The number of aromatic nitrogens is 2. The van der Waals surface area contributed by atoms with Crippen molar-refractivity contribution in [1.29, 1.82) is 0 Å². The van der Waals surface area contributed by atoms with E-state index >= 15 is 0 Å². The van der Waals surface area contributed by atoms with E-state index in [-0.39, 0.29) is 0 Å². The fourth-order valence-corrected chi connectivity index (χ4v) is 2.32. The number of rotatable bonds is 1. The van der Waals surface area contributed by atoms with Crippen molar-refractivity contribution >= 4 is 33.6 Å². The molecule has 0 fully saturated rings. The van der Waals surface area contributed by atoms with Gasteiger partial charge in [0.25, 0.3) is 0 Å². The molecule has 0 aliphatic rings. The van der Waals surface area contributed by atoms with Gasteiger partial charge < -0.3 is 4.57 Å². The summed E-state index contributed by atoms with van der Waals surface area (Å²) in [6.07, 6.45) is 0. The molecule has 0 spiro atoms. The number of benzene rings is 1. The Labute approximate surface area is 97.5 Å². The highest BCUT2D eigenvalue weighted by molar-refractivity contribution is 14.1. The van der Waals surface area contributed by atoms with Crippen molar-refractivity contribution in [3.8, 4) is 0 Å². The average Bonchev–Trinajstić information content (AvgIpc) is 2.39. The van der Waals surface area contributed by atoms with Crippen molar-refractivity contribution in [1.82, 2.24) is 9.55 Å². The first-order chi connectivity index (χ1) is 6.59. The number of nitrogens with zero attached hydrogens (tertiary/aromatic N) is 2. The summed E-state index contributed by atoms with van der Waals surface area (Å²) < 4.78 is 3.51. The molecule has 2 rings (SSSR count). The third kappa shape index (κ3) is 1.54. The Balaban J connectivity index is 2.77. The first-order valence-corrected chi connectivity index (χ1v) is 5.81. The van der Waals surface area contributed by atoms with Crippen LogP contribution in [-0.4, -0.2) is 9.55 Å². The lowest BCUT2D eigenvalue weighted by Crippen LogP contribution is -2.02. The minimum atomic E-state index is 0.472. The van der Waals surface area contributed by atoms with E-state index in [4.69, 9.17) is 0 Å². The molecule has 2 nitrogen and oxygen atoms in total. The summed E-state index contributed by atoms with van der Waals surface area (Å²) in [4.78, 5) is 4.55. The molecule has 0 aliphatic carbocycles. The Morgan fingerprint density at radius 2 is 2.07 bits per heavy atom. The van der Waals surface area contributed by atoms with Crippen molar-refractivity contribution in [2.45, 2.75) is 26.8 Å². The van der Waals surface area contributed by atoms with Gasteiger partial charge in [0.15, 0.2) is 0 Å². The highest BCUT2D eigenvalue weighted by atomic mass is 127. The molecular weight excluding hydrogens is 287 g/mol. The molecule has 0 atom stereocenters. The fourth-order valence-electron chi connectivity index (χ4n) is 1.84. The van der Waals surface area contributed by atoms with E-state index in [1.165, 1.54) is 9.09 Å². The van der Waals surface area contributed by atoms with Crippen LogP contribution >= 0.6 is 22.6 Å². The van der Waals surface area contributed by atoms with Gasteiger partial charge in [-0.25, -0.2) is 4.98 Å². The predicted octanol–water partition coefficient (Wildman–Crippen LogP) is 3.53. The van der Waals surface area contributed by atoms with Gasteiger partial charge in [-0.05, 0) is 61.6 Å². The molecule has 2 aromatic rings. The zero-order chi connectivity index (χ0) is 10.3. The van der Waals surface area contributed by atoms with Gasteiger partial charge in [0.1, 0.15) is 5.82 Å². The van der Waals surface area contributed by atoms with Crippen LogP contribution in [0.2, 0.25) is 0 Å². The maximum atomic E-state index is 4.55. The highest BCUT2D eigenvalue weighted by Gasteiger charge is 2.09. The monoisotopic (exact) mass is 300 g/mol. The molecule has 3 heteroatoms. The molecular formula is C11H13IN2. The number of hydrogen-bond donors (Lipinski definition) is 0. The van der Waals surface area contributed by atoms with E-state index in [0.29, 0.717) is 6.04 Å². The summed E-state index contributed by atoms with van der Waals surface area (Å²) in [5.41, 5.74) is 2.33. The van der Waals surface area contributed by atoms with E-state index in [1.54, 1.807) is 0 Å². The van der Waals surface area contributed by atoms with E-state index in [9.17, 15) is 0 Å². The van der Waals surface area contributed by atoms with Crippen molar-refractivity contribution < 1.29 is 0 Å². The van der Waals surface area contributed by atoms with Crippen LogP contribution in [0.3, 0.4) is 0 Å². The minimum absolute atomic E-state index is 0.472. The molecule has 74 valence electrons. The second-order valence-electron chi connectivity index (χ2n) is 3.76. The van der Waals surface area contributed by atoms with Gasteiger partial charge in [-0.3, -0.25) is 0 Å². The van der Waals surface area contributed by atoms with Crippen LogP contribution in [0, 0.1) is 10.5 Å². The van der Waals surface area contributed by atoms with Gasteiger partial charge >= 0.3 is 0 Å². The molecule has 0 bridgehead atoms. The molecule has 0 unspecified atom stereocenters. The van der Waals surface area contributed by atoms with Crippen molar-refractivity contribution in [3.05, 3.63) is 27.6 Å². The standard InChI is InChI=1S/C11H13IN2/c1-7(2)14-8(3)13-10-6-9(12)4-5-11(10)14/h4-7H,1-3H3. The smallest absolute Gasteiger partial charge is 0.106 e. The summed E-state index contributed by atoms with van der Waals surface area (Å²) >= 11 is 2.32. The molecule has 1 aromatic carbocycles. The van der Waals surface area contributed by atoms with Gasteiger partial charge in [-0.1, -0.05) is 0 Å². The molecule has 1 aromatic heterocycles. The zero-order valence-electron chi connectivity index (χ0n) is 8.58. The van der Waals surface area contributed by atoms with Crippen LogP contribution in [0.25, 0.3) is 11.0 Å². The second kappa shape index (κ2) is 3.53. The Bertz CT molecular complexity index is 471. The molecule has 0 amide bonds. The highest BCUT2D eigenvalue weighted by Crippen LogP contribution is 2.22. The quantitative estimate of drug-likeness (QED) is 0.737. The third-order valence-corrected chi connectivity index (χ3v) is 3.02. The predicted molar refractivity (Wildman–Crippen MR) is 67.6 cm³/mol. The Morgan fingerprint density at radius 1 is 1.36 bits per heavy atom. The molecule has 0 saturated heterocycles. The molecule has 0 aliphatic heterocycles. The third-order valence-electron chi connectivity index (χ3n) is 2.34. The maximum absolute atomic E-state index is 4.55. The fraction of sp³-hybridized carbons (Fsp3) is 0.364. The van der Waals surface area contributed by atoms with E-state index in [0.717, 1.165) is 11.3 Å². The summed E-state index contributed by atoms with van der Waals surface area (Å²) in [6, 6.07) is 6.88. The largest absolute Gasteiger partial charge is 0.326 e. The van der Waals surface area contributed by atoms with Gasteiger partial charge in [-0.2, -0.15) is 0 Å². The molecule has 14 heavy (non-hydrogen) atoms. The van der Waals surface area contributed by atoms with Crippen molar-refractivity contribution in [2.24, 2.45) is 0 Å². The van der Waals surface area contributed by atoms with E-state index in [2.05, 4.69) is 71.1 Å². The Kier molecular flexibility index (Phi) is 2.51. The first-order valence-electron chi connectivity index (χ1n) is 4.73. The van der Waals surface area contributed by atoms with Gasteiger partial charge in [-0.15, -0.1) is 0 Å². The summed E-state index contributed by atoms with van der Waals surface area (Å²) in [7, 11) is 0. The minimum Gasteiger partial charge on any atom is -0.326 e. The number of imidazole rings is 1. The number of aryl methyl sites for hydroxylation is 1. The van der Waals surface area contributed by atoms with Crippen LogP contribution in [0.5, 0.6) is 0 Å². The lowest BCUT2D eigenvalue weighted by molar-refractivity contribution is 0.600. The van der Waals surface area contributed by atoms with Gasteiger partial charge in [0, 0.05) is 9.61 Å². The zero-order valence-corrected chi connectivity index (χ0v) is 10.7. The Hall–Kier alpha value is -0.580. The van der Waals surface area contributed by atoms with Crippen LogP contribution in [-0.2, 0) is 0 Å². The van der Waals surface area contributed by atoms with Crippen LogP contribution in [0.15, 0.2) is 18.2 Å². The maximum Gasteiger partial charge on any atom is 0.106 e. The summed E-state index contributed by atoms with van der Waals surface area (Å²) in [5.74, 6) is 1.09. The topological polar surface area (TPSA) is 17.8 Å². The Morgan fingerprint density at radius 3 is 2.71 bits per heavy atom. The molecule has 0 saturated carbocycles. The van der Waals surface area contributed by atoms with E-state index < -0.39 is 0 Å². The number of fused-ring (bicyclic) bond motifs is 1. The lowest BCUT2D eigenvalue weighted by Gasteiger charge is -2.10. The number of halogens is 1. The second-order valence-corrected chi connectivity index (χ2v) is 5.00. The summed E-state index contributed by atoms with van der Waals surface area (Å²) in [6.45, 7) is 6.44. The van der Waals surface area contributed by atoms with Crippen LogP contribution in [0.4, 0.5) is 0 Å². The van der Waals surface area contributed by atoms with E-state index in [1.807, 2.05) is 0 Å². The normalized spacial score (nSPS) is 11.5. The molecule has 1 heterocycles. The van der Waals surface area contributed by atoms with Gasteiger partial charge in [0.2, 0.25) is 0 Å². The van der Waals surface area contributed by atoms with Crippen molar-refractivity contribution in [2.75, 3.05) is 0 Å². The molecule has 0 N–H and O–H groups in total. The van der Waals surface area contributed by atoms with Gasteiger partial charge in [0.05, 0.1) is 11.0 Å². The SMILES string of the molecule is Cc1nc2cc(I)ccc2n1C(C)C. The summed E-state index contributed by atoms with van der Waals surface area (Å²) in [5, 5.41) is 0. The van der Waals surface area contributed by atoms with Crippen molar-refractivity contribution in [3.63, 3.8) is 0 Å².